The number of aliphatic carboxylic acids is 1. The number of amides is 1. The number of hydrogen-bond donors (Lipinski definition) is 1. The molecule has 21 heavy (non-hydrogen) atoms. The van der Waals surface area contributed by atoms with Gasteiger partial charge in [-0.05, 0) is 50.9 Å². The van der Waals surface area contributed by atoms with Crippen LogP contribution < -0.4 is 0 Å². The van der Waals surface area contributed by atoms with E-state index in [4.69, 9.17) is 9.84 Å². The van der Waals surface area contributed by atoms with Gasteiger partial charge in [-0.2, -0.15) is 0 Å². The lowest BCUT2D eigenvalue weighted by Gasteiger charge is -2.33. The van der Waals surface area contributed by atoms with Crippen LogP contribution in [0, 0.1) is 5.92 Å². The highest BCUT2D eigenvalue weighted by atomic mass is 16.5. The van der Waals surface area contributed by atoms with Crippen molar-refractivity contribution in [1.82, 2.24) is 4.90 Å². The van der Waals surface area contributed by atoms with Crippen molar-refractivity contribution in [3.8, 4) is 0 Å². The van der Waals surface area contributed by atoms with Crippen LogP contribution in [0.1, 0.15) is 57.8 Å². The van der Waals surface area contributed by atoms with Gasteiger partial charge in [-0.3, -0.25) is 9.59 Å². The number of carboxylic acids is 1. The van der Waals surface area contributed by atoms with Gasteiger partial charge in [-0.1, -0.05) is 0 Å². The zero-order valence-electron chi connectivity index (χ0n) is 12.8. The molecule has 1 N–H and O–H groups in total. The molecule has 2 aliphatic rings. The molecule has 0 radical (unpaired) electrons. The number of piperidine rings is 1. The molecule has 2 fully saturated rings. The Morgan fingerprint density at radius 3 is 2.67 bits per heavy atom. The number of rotatable bonds is 6. The Morgan fingerprint density at radius 2 is 1.95 bits per heavy atom. The monoisotopic (exact) mass is 297 g/mol. The molecule has 0 spiro atoms. The van der Waals surface area contributed by atoms with Crippen LogP contribution in [0.3, 0.4) is 0 Å². The fourth-order valence-corrected chi connectivity index (χ4v) is 3.33. The van der Waals surface area contributed by atoms with Crippen LogP contribution in [0.2, 0.25) is 0 Å². The summed E-state index contributed by atoms with van der Waals surface area (Å²) in [5, 5.41) is 8.75. The average molecular weight is 297 g/mol. The van der Waals surface area contributed by atoms with Gasteiger partial charge in [0.1, 0.15) is 0 Å². The van der Waals surface area contributed by atoms with Gasteiger partial charge in [-0.15, -0.1) is 0 Å². The maximum Gasteiger partial charge on any atom is 0.303 e. The van der Waals surface area contributed by atoms with E-state index in [1.165, 1.54) is 6.42 Å². The van der Waals surface area contributed by atoms with E-state index in [0.29, 0.717) is 18.8 Å². The lowest BCUT2D eigenvalue weighted by Crippen LogP contribution is -2.40. The fourth-order valence-electron chi connectivity index (χ4n) is 3.33. The first-order valence-corrected chi connectivity index (χ1v) is 8.26. The molecule has 0 aliphatic carbocycles. The van der Waals surface area contributed by atoms with Crippen molar-refractivity contribution in [3.05, 3.63) is 0 Å². The lowest BCUT2D eigenvalue weighted by molar-refractivity contribution is -0.137. The van der Waals surface area contributed by atoms with E-state index in [9.17, 15) is 9.59 Å². The fraction of sp³-hybridized carbons (Fsp3) is 0.875. The van der Waals surface area contributed by atoms with Gasteiger partial charge >= 0.3 is 5.97 Å². The molecule has 0 aromatic heterocycles. The first-order chi connectivity index (χ1) is 10.1. The predicted octanol–water partition coefficient (Wildman–Crippen LogP) is 2.44. The van der Waals surface area contributed by atoms with E-state index in [2.05, 4.69) is 0 Å². The molecule has 5 heteroatoms. The standard InChI is InChI=1S/C16H27NO4/c18-15(8-7-14-5-1-2-11-21-14)17-10-3-4-13(12-17)6-9-16(19)20/h13-14H,1-12H2,(H,19,20)/t13-,14+/m0/s1. The second-order valence-electron chi connectivity index (χ2n) is 6.31. The highest BCUT2D eigenvalue weighted by Gasteiger charge is 2.24. The Morgan fingerprint density at radius 1 is 1.10 bits per heavy atom. The van der Waals surface area contributed by atoms with Gasteiger partial charge in [-0.25, -0.2) is 0 Å². The molecule has 1 amide bonds. The summed E-state index contributed by atoms with van der Waals surface area (Å²) in [6, 6.07) is 0. The van der Waals surface area contributed by atoms with Crippen molar-refractivity contribution < 1.29 is 19.4 Å². The predicted molar refractivity (Wildman–Crippen MR) is 79.0 cm³/mol. The smallest absolute Gasteiger partial charge is 0.303 e. The molecule has 5 nitrogen and oxygen atoms in total. The van der Waals surface area contributed by atoms with Crippen LogP contribution in [-0.2, 0) is 14.3 Å². The van der Waals surface area contributed by atoms with Gasteiger partial charge in [0.05, 0.1) is 6.10 Å². The zero-order valence-corrected chi connectivity index (χ0v) is 12.8. The van der Waals surface area contributed by atoms with Gasteiger partial charge < -0.3 is 14.7 Å². The molecule has 2 heterocycles. The zero-order chi connectivity index (χ0) is 15.1. The van der Waals surface area contributed by atoms with Crippen molar-refractivity contribution in [1.29, 1.82) is 0 Å². The maximum atomic E-state index is 12.3. The molecule has 2 atom stereocenters. The van der Waals surface area contributed by atoms with Crippen molar-refractivity contribution in [2.75, 3.05) is 19.7 Å². The third-order valence-electron chi connectivity index (χ3n) is 4.59. The third-order valence-corrected chi connectivity index (χ3v) is 4.59. The van der Waals surface area contributed by atoms with E-state index in [-0.39, 0.29) is 18.4 Å². The van der Waals surface area contributed by atoms with Crippen molar-refractivity contribution in [2.45, 2.75) is 63.9 Å². The third kappa shape index (κ3) is 5.65. The van der Waals surface area contributed by atoms with Gasteiger partial charge in [0.25, 0.3) is 0 Å². The molecule has 2 aliphatic heterocycles. The van der Waals surface area contributed by atoms with Crippen LogP contribution in [0.15, 0.2) is 0 Å². The summed E-state index contributed by atoms with van der Waals surface area (Å²) in [5.41, 5.74) is 0. The van der Waals surface area contributed by atoms with Gasteiger partial charge in [0.2, 0.25) is 5.91 Å². The summed E-state index contributed by atoms with van der Waals surface area (Å²) >= 11 is 0. The summed E-state index contributed by atoms with van der Waals surface area (Å²) in [7, 11) is 0. The van der Waals surface area contributed by atoms with E-state index in [0.717, 1.165) is 51.8 Å². The quantitative estimate of drug-likeness (QED) is 0.817. The Balaban J connectivity index is 1.69. The number of carboxylic acid groups (broad SMARTS) is 1. The van der Waals surface area contributed by atoms with E-state index in [1.807, 2.05) is 4.90 Å². The highest BCUT2D eigenvalue weighted by Crippen LogP contribution is 2.23. The summed E-state index contributed by atoms with van der Waals surface area (Å²) in [6.07, 6.45) is 8.02. The SMILES string of the molecule is O=C(O)CC[C@@H]1CCCN(C(=O)CC[C@H]2CCCCO2)C1. The minimum Gasteiger partial charge on any atom is -0.481 e. The van der Waals surface area contributed by atoms with Crippen molar-refractivity contribution >= 4 is 11.9 Å². The average Bonchev–Trinajstić information content (AvgIpc) is 2.52. The molecular formula is C16H27NO4. The largest absolute Gasteiger partial charge is 0.481 e. The van der Waals surface area contributed by atoms with Crippen molar-refractivity contribution in [3.63, 3.8) is 0 Å². The molecule has 2 rings (SSSR count). The second kappa shape index (κ2) is 8.37. The molecule has 0 aromatic rings. The van der Waals surface area contributed by atoms with Crippen LogP contribution in [0.25, 0.3) is 0 Å². The molecule has 0 unspecified atom stereocenters. The summed E-state index contributed by atoms with van der Waals surface area (Å²) in [4.78, 5) is 24.8. The number of carbonyl (C=O) groups excluding carboxylic acids is 1. The first-order valence-electron chi connectivity index (χ1n) is 8.26. The molecule has 120 valence electrons. The molecule has 0 aromatic carbocycles. The number of hydrogen-bond acceptors (Lipinski definition) is 3. The summed E-state index contributed by atoms with van der Waals surface area (Å²) in [5.74, 6) is -0.179. The molecule has 2 saturated heterocycles. The van der Waals surface area contributed by atoms with Crippen molar-refractivity contribution in [2.24, 2.45) is 5.92 Å². The Kier molecular flexibility index (Phi) is 6.49. The summed E-state index contributed by atoms with van der Waals surface area (Å²) < 4.78 is 5.67. The maximum absolute atomic E-state index is 12.3. The minimum atomic E-state index is -0.743. The van der Waals surface area contributed by atoms with Gasteiger partial charge in [0, 0.05) is 32.5 Å². The molecule has 0 saturated carbocycles. The number of nitrogens with zero attached hydrogens (tertiary/aromatic N) is 1. The summed E-state index contributed by atoms with van der Waals surface area (Å²) in [6.45, 7) is 2.39. The van der Waals surface area contributed by atoms with Crippen LogP contribution >= 0.6 is 0 Å². The highest BCUT2D eigenvalue weighted by molar-refractivity contribution is 5.76. The molecule has 0 bridgehead atoms. The Bertz CT molecular complexity index is 352. The lowest BCUT2D eigenvalue weighted by atomic mass is 9.93. The van der Waals surface area contributed by atoms with E-state index in [1.54, 1.807) is 0 Å². The number of likely N-dealkylation sites (tertiary alicyclic amines) is 1. The normalized spacial score (nSPS) is 26.6. The number of carbonyl (C=O) groups is 2. The number of ether oxygens (including phenoxy) is 1. The topological polar surface area (TPSA) is 66.8 Å². The van der Waals surface area contributed by atoms with E-state index >= 15 is 0 Å². The molecular weight excluding hydrogens is 270 g/mol. The minimum absolute atomic E-state index is 0.211. The Hall–Kier alpha value is -1.10. The van der Waals surface area contributed by atoms with Crippen LogP contribution in [0.4, 0.5) is 0 Å². The van der Waals surface area contributed by atoms with Crippen LogP contribution in [0.5, 0.6) is 0 Å². The van der Waals surface area contributed by atoms with E-state index < -0.39 is 5.97 Å². The van der Waals surface area contributed by atoms with Crippen LogP contribution in [-0.4, -0.2) is 47.7 Å². The van der Waals surface area contributed by atoms with Gasteiger partial charge in [0.15, 0.2) is 0 Å². The first kappa shape index (κ1) is 16.3. The second-order valence-corrected chi connectivity index (χ2v) is 6.31. The Labute approximate surface area is 126 Å².